The molecule has 116 valence electrons. The SMILES string of the molecule is Cl.O=C(CN1C[C@H]2CNC[C@H]2C1)Nc1cc(F)cc(F)c1. The van der Waals surface area contributed by atoms with Crippen LogP contribution in [-0.2, 0) is 4.79 Å². The Balaban J connectivity index is 0.00000161. The van der Waals surface area contributed by atoms with Crippen molar-refractivity contribution in [1.82, 2.24) is 10.2 Å². The van der Waals surface area contributed by atoms with Crippen LogP contribution in [0.5, 0.6) is 0 Å². The Morgan fingerprint density at radius 3 is 2.33 bits per heavy atom. The van der Waals surface area contributed by atoms with Gasteiger partial charge in [-0.1, -0.05) is 0 Å². The van der Waals surface area contributed by atoms with Gasteiger partial charge in [-0.25, -0.2) is 8.78 Å². The van der Waals surface area contributed by atoms with Gasteiger partial charge in [-0.15, -0.1) is 12.4 Å². The van der Waals surface area contributed by atoms with Gasteiger partial charge in [0.05, 0.1) is 6.54 Å². The maximum atomic E-state index is 13.0. The number of anilines is 1. The van der Waals surface area contributed by atoms with Crippen LogP contribution in [0.25, 0.3) is 0 Å². The summed E-state index contributed by atoms with van der Waals surface area (Å²) < 4.78 is 26.1. The van der Waals surface area contributed by atoms with Crippen molar-refractivity contribution in [2.45, 2.75) is 0 Å². The topological polar surface area (TPSA) is 44.4 Å². The minimum Gasteiger partial charge on any atom is -0.325 e. The molecule has 2 aliphatic rings. The quantitative estimate of drug-likeness (QED) is 0.887. The predicted molar refractivity (Wildman–Crippen MR) is 78.5 cm³/mol. The second-order valence-electron chi connectivity index (χ2n) is 5.58. The first-order valence-corrected chi connectivity index (χ1v) is 6.79. The van der Waals surface area contributed by atoms with Crippen molar-refractivity contribution in [3.63, 3.8) is 0 Å². The van der Waals surface area contributed by atoms with Gasteiger partial charge < -0.3 is 10.6 Å². The van der Waals surface area contributed by atoms with Crippen molar-refractivity contribution in [2.75, 3.05) is 38.0 Å². The summed E-state index contributed by atoms with van der Waals surface area (Å²) in [5.74, 6) is -0.379. The molecule has 2 aliphatic heterocycles. The van der Waals surface area contributed by atoms with Crippen LogP contribution in [0.1, 0.15) is 0 Å². The fourth-order valence-corrected chi connectivity index (χ4v) is 3.11. The number of fused-ring (bicyclic) bond motifs is 1. The average Bonchev–Trinajstić information content (AvgIpc) is 2.87. The van der Waals surface area contributed by atoms with Crippen molar-refractivity contribution in [2.24, 2.45) is 11.8 Å². The number of hydrogen-bond acceptors (Lipinski definition) is 3. The summed E-state index contributed by atoms with van der Waals surface area (Å²) >= 11 is 0. The number of likely N-dealkylation sites (tertiary alicyclic amines) is 1. The van der Waals surface area contributed by atoms with Gasteiger partial charge in [0.25, 0.3) is 0 Å². The molecule has 1 aromatic rings. The van der Waals surface area contributed by atoms with E-state index in [0.717, 1.165) is 44.4 Å². The molecule has 2 atom stereocenters. The largest absolute Gasteiger partial charge is 0.325 e. The van der Waals surface area contributed by atoms with Crippen molar-refractivity contribution in [3.8, 4) is 0 Å². The number of nitrogens with one attached hydrogen (secondary N) is 2. The van der Waals surface area contributed by atoms with Crippen molar-refractivity contribution < 1.29 is 13.6 Å². The van der Waals surface area contributed by atoms with E-state index in [9.17, 15) is 13.6 Å². The van der Waals surface area contributed by atoms with Crippen LogP contribution in [0.15, 0.2) is 18.2 Å². The Morgan fingerprint density at radius 1 is 1.19 bits per heavy atom. The molecule has 0 aliphatic carbocycles. The molecule has 2 saturated heterocycles. The third kappa shape index (κ3) is 3.90. The number of carbonyl (C=O) groups excluding carboxylic acids is 1. The van der Waals surface area contributed by atoms with E-state index in [1.165, 1.54) is 0 Å². The molecule has 0 spiro atoms. The van der Waals surface area contributed by atoms with Crippen LogP contribution < -0.4 is 10.6 Å². The summed E-state index contributed by atoms with van der Waals surface area (Å²) in [4.78, 5) is 14.0. The molecule has 2 heterocycles. The Morgan fingerprint density at radius 2 is 1.76 bits per heavy atom. The molecular weight excluding hydrogens is 300 g/mol. The standard InChI is InChI=1S/C14H17F2N3O.ClH/c15-11-1-12(16)3-13(2-11)18-14(20)8-19-6-9-4-17-5-10(9)7-19;/h1-3,9-10,17H,4-8H2,(H,18,20);1H/t9-,10+;. The fraction of sp³-hybridized carbons (Fsp3) is 0.500. The lowest BCUT2D eigenvalue weighted by atomic mass is 10.0. The number of carbonyl (C=O) groups is 1. The van der Waals surface area contributed by atoms with E-state index in [1.807, 2.05) is 0 Å². The molecule has 0 radical (unpaired) electrons. The second-order valence-corrected chi connectivity index (χ2v) is 5.58. The monoisotopic (exact) mass is 317 g/mol. The van der Waals surface area contributed by atoms with E-state index in [-0.39, 0.29) is 30.5 Å². The van der Waals surface area contributed by atoms with Crippen molar-refractivity contribution >= 4 is 24.0 Å². The normalized spacial score (nSPS) is 24.5. The lowest BCUT2D eigenvalue weighted by molar-refractivity contribution is -0.117. The molecule has 1 aromatic carbocycles. The van der Waals surface area contributed by atoms with Crippen LogP contribution in [-0.4, -0.2) is 43.5 Å². The van der Waals surface area contributed by atoms with E-state index in [4.69, 9.17) is 0 Å². The van der Waals surface area contributed by atoms with Gasteiger partial charge in [-0.2, -0.15) is 0 Å². The molecule has 4 nitrogen and oxygen atoms in total. The summed E-state index contributed by atoms with van der Waals surface area (Å²) in [6.45, 7) is 4.10. The smallest absolute Gasteiger partial charge is 0.238 e. The molecule has 21 heavy (non-hydrogen) atoms. The zero-order valence-corrected chi connectivity index (χ0v) is 12.3. The fourth-order valence-electron chi connectivity index (χ4n) is 3.11. The zero-order valence-electron chi connectivity index (χ0n) is 11.4. The van der Waals surface area contributed by atoms with Crippen LogP contribution in [0, 0.1) is 23.5 Å². The summed E-state index contributed by atoms with van der Waals surface area (Å²) in [6, 6.07) is 3.01. The Labute approximate surface area is 128 Å². The second kappa shape index (κ2) is 6.68. The maximum absolute atomic E-state index is 13.0. The summed E-state index contributed by atoms with van der Waals surface area (Å²) in [5.41, 5.74) is 0.161. The molecule has 2 N–H and O–H groups in total. The van der Waals surface area contributed by atoms with Crippen LogP contribution >= 0.6 is 12.4 Å². The number of halogens is 3. The number of amides is 1. The van der Waals surface area contributed by atoms with E-state index < -0.39 is 11.6 Å². The van der Waals surface area contributed by atoms with Gasteiger partial charge >= 0.3 is 0 Å². The molecule has 0 bridgehead atoms. The van der Waals surface area contributed by atoms with E-state index in [1.54, 1.807) is 0 Å². The molecule has 7 heteroatoms. The lowest BCUT2D eigenvalue weighted by Crippen LogP contribution is -2.33. The highest BCUT2D eigenvalue weighted by molar-refractivity contribution is 5.92. The molecule has 3 rings (SSSR count). The van der Waals surface area contributed by atoms with Gasteiger partial charge in [0, 0.05) is 24.8 Å². The molecule has 1 amide bonds. The number of nitrogens with zero attached hydrogens (tertiary/aromatic N) is 1. The molecule has 2 fully saturated rings. The third-order valence-corrected chi connectivity index (χ3v) is 3.98. The van der Waals surface area contributed by atoms with Crippen molar-refractivity contribution in [1.29, 1.82) is 0 Å². The minimum absolute atomic E-state index is 0. The van der Waals surface area contributed by atoms with Crippen LogP contribution in [0.3, 0.4) is 0 Å². The first-order valence-electron chi connectivity index (χ1n) is 6.79. The molecule has 0 unspecified atom stereocenters. The van der Waals surface area contributed by atoms with E-state index >= 15 is 0 Å². The summed E-state index contributed by atoms with van der Waals surface area (Å²) in [6.07, 6.45) is 0. The van der Waals surface area contributed by atoms with Gasteiger partial charge in [0.2, 0.25) is 5.91 Å². The lowest BCUT2D eigenvalue weighted by Gasteiger charge is -2.16. The van der Waals surface area contributed by atoms with Crippen LogP contribution in [0.4, 0.5) is 14.5 Å². The van der Waals surface area contributed by atoms with Gasteiger partial charge in [0.1, 0.15) is 11.6 Å². The summed E-state index contributed by atoms with van der Waals surface area (Å²) in [5, 5.41) is 5.88. The Bertz CT molecular complexity index is 497. The summed E-state index contributed by atoms with van der Waals surface area (Å²) in [7, 11) is 0. The van der Waals surface area contributed by atoms with E-state index in [0.29, 0.717) is 11.8 Å². The van der Waals surface area contributed by atoms with E-state index in [2.05, 4.69) is 15.5 Å². The van der Waals surface area contributed by atoms with Crippen molar-refractivity contribution in [3.05, 3.63) is 29.8 Å². The van der Waals surface area contributed by atoms with Gasteiger partial charge in [-0.3, -0.25) is 9.69 Å². The predicted octanol–water partition coefficient (Wildman–Crippen LogP) is 1.48. The zero-order chi connectivity index (χ0) is 14.1. The minimum atomic E-state index is -0.693. The molecule has 0 aromatic heterocycles. The molecule has 0 saturated carbocycles. The highest BCUT2D eigenvalue weighted by Gasteiger charge is 2.36. The Kier molecular flexibility index (Phi) is 5.13. The first kappa shape index (κ1) is 16.1. The van der Waals surface area contributed by atoms with Crippen LogP contribution in [0.2, 0.25) is 0 Å². The Hall–Kier alpha value is -1.24. The average molecular weight is 318 g/mol. The number of rotatable bonds is 3. The van der Waals surface area contributed by atoms with Gasteiger partial charge in [-0.05, 0) is 37.1 Å². The highest BCUT2D eigenvalue weighted by atomic mass is 35.5. The third-order valence-electron chi connectivity index (χ3n) is 3.98. The number of hydrogen-bond donors (Lipinski definition) is 2. The first-order chi connectivity index (χ1) is 9.60. The highest BCUT2D eigenvalue weighted by Crippen LogP contribution is 2.25. The maximum Gasteiger partial charge on any atom is 0.238 e. The molecular formula is C14H18ClF2N3O. The van der Waals surface area contributed by atoms with Gasteiger partial charge in [0.15, 0.2) is 0 Å². The number of benzene rings is 1.